The van der Waals surface area contributed by atoms with Crippen molar-refractivity contribution < 1.29 is 4.79 Å². The zero-order valence-electron chi connectivity index (χ0n) is 12.4. The van der Waals surface area contributed by atoms with Gasteiger partial charge in [-0.25, -0.2) is 4.98 Å². The van der Waals surface area contributed by atoms with Crippen LogP contribution in [0.1, 0.15) is 6.42 Å². The maximum Gasteiger partial charge on any atom is 0.261 e. The second-order valence-corrected chi connectivity index (χ2v) is 4.89. The third kappa shape index (κ3) is 3.49. The van der Waals surface area contributed by atoms with E-state index in [0.717, 1.165) is 0 Å². The van der Waals surface area contributed by atoms with Crippen molar-refractivity contribution in [3.05, 3.63) is 66.3 Å². The van der Waals surface area contributed by atoms with Crippen molar-refractivity contribution in [1.82, 2.24) is 14.5 Å². The largest absolute Gasteiger partial charge is 0.335 e. The number of carbonyl (C=O) groups is 1. The molecule has 1 aromatic heterocycles. The third-order valence-electron chi connectivity index (χ3n) is 3.35. The number of aromatic nitrogens is 2. The maximum atomic E-state index is 12.3. The predicted octanol–water partition coefficient (Wildman–Crippen LogP) is 1.99. The molecule has 2 rings (SSSR count). The van der Waals surface area contributed by atoms with E-state index in [4.69, 9.17) is 0 Å². The van der Waals surface area contributed by atoms with E-state index < -0.39 is 0 Å². The first-order valence-corrected chi connectivity index (χ1v) is 7.11. The lowest BCUT2D eigenvalue weighted by Gasteiger charge is -2.19. The SMILES string of the molecule is C=CCN(CC=C)C(=O)CCn1cnc2ccccc2c1=O. The Balaban J connectivity index is 2.12. The number of para-hydroxylation sites is 1. The molecule has 1 heterocycles. The van der Waals surface area contributed by atoms with Crippen LogP contribution in [-0.4, -0.2) is 33.4 Å². The van der Waals surface area contributed by atoms with Crippen molar-refractivity contribution in [2.45, 2.75) is 13.0 Å². The maximum absolute atomic E-state index is 12.3. The van der Waals surface area contributed by atoms with Crippen molar-refractivity contribution in [2.24, 2.45) is 0 Å². The van der Waals surface area contributed by atoms with Gasteiger partial charge in [0.1, 0.15) is 0 Å². The van der Waals surface area contributed by atoms with E-state index in [0.29, 0.717) is 30.5 Å². The van der Waals surface area contributed by atoms with Crippen LogP contribution in [0.3, 0.4) is 0 Å². The molecular weight excluding hydrogens is 278 g/mol. The Morgan fingerprint density at radius 3 is 2.59 bits per heavy atom. The average molecular weight is 297 g/mol. The highest BCUT2D eigenvalue weighted by atomic mass is 16.2. The topological polar surface area (TPSA) is 55.2 Å². The summed E-state index contributed by atoms with van der Waals surface area (Å²) in [7, 11) is 0. The molecule has 0 N–H and O–H groups in total. The minimum absolute atomic E-state index is 0.0418. The predicted molar refractivity (Wildman–Crippen MR) is 87.6 cm³/mol. The molecule has 0 saturated carbocycles. The smallest absolute Gasteiger partial charge is 0.261 e. The summed E-state index contributed by atoms with van der Waals surface area (Å²) in [6, 6.07) is 7.18. The molecule has 1 aromatic carbocycles. The van der Waals surface area contributed by atoms with Gasteiger partial charge in [0.05, 0.1) is 17.2 Å². The van der Waals surface area contributed by atoms with Gasteiger partial charge in [-0.3, -0.25) is 14.2 Å². The molecule has 22 heavy (non-hydrogen) atoms. The molecule has 0 aliphatic rings. The van der Waals surface area contributed by atoms with E-state index in [1.807, 2.05) is 6.07 Å². The molecule has 0 aliphatic carbocycles. The molecule has 0 bridgehead atoms. The van der Waals surface area contributed by atoms with E-state index in [-0.39, 0.29) is 17.9 Å². The van der Waals surface area contributed by atoms with Crippen LogP contribution < -0.4 is 5.56 Å². The van der Waals surface area contributed by atoms with Crippen LogP contribution in [0.25, 0.3) is 10.9 Å². The Labute approximate surface area is 129 Å². The van der Waals surface area contributed by atoms with Gasteiger partial charge in [0.15, 0.2) is 0 Å². The van der Waals surface area contributed by atoms with Gasteiger partial charge in [0, 0.05) is 26.1 Å². The van der Waals surface area contributed by atoms with Crippen LogP contribution in [-0.2, 0) is 11.3 Å². The monoisotopic (exact) mass is 297 g/mol. The molecule has 114 valence electrons. The molecule has 5 nitrogen and oxygen atoms in total. The van der Waals surface area contributed by atoms with Crippen LogP contribution in [0.5, 0.6) is 0 Å². The highest BCUT2D eigenvalue weighted by Crippen LogP contribution is 2.05. The van der Waals surface area contributed by atoms with E-state index >= 15 is 0 Å². The molecule has 2 aromatic rings. The fraction of sp³-hybridized carbons (Fsp3) is 0.235. The van der Waals surface area contributed by atoms with E-state index in [1.54, 1.807) is 35.3 Å². The van der Waals surface area contributed by atoms with Gasteiger partial charge in [0.25, 0.3) is 5.56 Å². The summed E-state index contributed by atoms with van der Waals surface area (Å²) >= 11 is 0. The van der Waals surface area contributed by atoms with Crippen LogP contribution in [0.15, 0.2) is 60.7 Å². The number of hydrogen-bond acceptors (Lipinski definition) is 3. The summed E-state index contributed by atoms with van der Waals surface area (Å²) in [5.74, 6) is -0.0418. The van der Waals surface area contributed by atoms with Crippen LogP contribution in [0, 0.1) is 0 Å². The fourth-order valence-electron chi connectivity index (χ4n) is 2.23. The minimum atomic E-state index is -0.127. The van der Waals surface area contributed by atoms with Gasteiger partial charge in [-0.15, -0.1) is 13.2 Å². The van der Waals surface area contributed by atoms with Crippen LogP contribution in [0.4, 0.5) is 0 Å². The quantitative estimate of drug-likeness (QED) is 0.734. The van der Waals surface area contributed by atoms with Gasteiger partial charge >= 0.3 is 0 Å². The Morgan fingerprint density at radius 1 is 1.23 bits per heavy atom. The highest BCUT2D eigenvalue weighted by molar-refractivity contribution is 5.77. The number of aryl methyl sites for hydroxylation is 1. The fourth-order valence-corrected chi connectivity index (χ4v) is 2.23. The van der Waals surface area contributed by atoms with Crippen molar-refractivity contribution in [3.8, 4) is 0 Å². The second kappa shape index (κ2) is 7.36. The Morgan fingerprint density at radius 2 is 1.91 bits per heavy atom. The molecule has 0 radical (unpaired) electrons. The lowest BCUT2D eigenvalue weighted by molar-refractivity contribution is -0.130. The number of nitrogens with zero attached hydrogens (tertiary/aromatic N) is 3. The first kappa shape index (κ1) is 15.7. The molecule has 0 fully saturated rings. The molecule has 0 unspecified atom stereocenters. The molecule has 5 heteroatoms. The average Bonchev–Trinajstić information content (AvgIpc) is 2.54. The van der Waals surface area contributed by atoms with Crippen molar-refractivity contribution in [2.75, 3.05) is 13.1 Å². The molecule has 1 amide bonds. The first-order valence-electron chi connectivity index (χ1n) is 7.11. The number of benzene rings is 1. The Bertz CT molecular complexity index is 739. The standard InChI is InChI=1S/C17H19N3O2/c1-3-10-19(11-4-2)16(21)9-12-20-13-18-15-8-6-5-7-14(15)17(20)22/h3-8,13H,1-2,9-12H2. The first-order chi connectivity index (χ1) is 10.7. The second-order valence-electron chi connectivity index (χ2n) is 4.89. The summed E-state index contributed by atoms with van der Waals surface area (Å²) in [5.41, 5.74) is 0.535. The molecule has 0 atom stereocenters. The van der Waals surface area contributed by atoms with Gasteiger partial charge in [-0.2, -0.15) is 0 Å². The lowest BCUT2D eigenvalue weighted by atomic mass is 10.2. The summed E-state index contributed by atoms with van der Waals surface area (Å²) in [6.45, 7) is 8.52. The Hall–Kier alpha value is -2.69. The normalized spacial score (nSPS) is 10.4. The number of rotatable bonds is 7. The lowest BCUT2D eigenvalue weighted by Crippen LogP contribution is -2.33. The van der Waals surface area contributed by atoms with E-state index in [2.05, 4.69) is 18.1 Å². The van der Waals surface area contributed by atoms with Gasteiger partial charge in [-0.1, -0.05) is 24.3 Å². The number of amides is 1. The summed E-state index contributed by atoms with van der Waals surface area (Å²) in [5, 5.41) is 0.562. The molecule has 0 aliphatic heterocycles. The van der Waals surface area contributed by atoms with Gasteiger partial charge in [0.2, 0.25) is 5.91 Å². The van der Waals surface area contributed by atoms with Crippen molar-refractivity contribution in [3.63, 3.8) is 0 Å². The van der Waals surface area contributed by atoms with Crippen LogP contribution in [0.2, 0.25) is 0 Å². The summed E-state index contributed by atoms with van der Waals surface area (Å²) in [4.78, 5) is 30.4. The number of carbonyl (C=O) groups excluding carboxylic acids is 1. The Kier molecular flexibility index (Phi) is 5.25. The van der Waals surface area contributed by atoms with Crippen LogP contribution >= 0.6 is 0 Å². The summed E-state index contributed by atoms with van der Waals surface area (Å²) in [6.07, 6.45) is 5.07. The van der Waals surface area contributed by atoms with Gasteiger partial charge < -0.3 is 4.90 Å². The van der Waals surface area contributed by atoms with E-state index in [9.17, 15) is 9.59 Å². The van der Waals surface area contributed by atoms with E-state index in [1.165, 1.54) is 10.9 Å². The third-order valence-corrected chi connectivity index (χ3v) is 3.35. The number of fused-ring (bicyclic) bond motifs is 1. The van der Waals surface area contributed by atoms with Crippen molar-refractivity contribution in [1.29, 1.82) is 0 Å². The summed E-state index contributed by atoms with van der Waals surface area (Å²) < 4.78 is 1.47. The molecule has 0 saturated heterocycles. The van der Waals surface area contributed by atoms with Crippen molar-refractivity contribution >= 4 is 16.8 Å². The molecular formula is C17H19N3O2. The zero-order valence-corrected chi connectivity index (χ0v) is 12.4. The highest BCUT2D eigenvalue weighted by Gasteiger charge is 2.11. The minimum Gasteiger partial charge on any atom is -0.335 e. The van der Waals surface area contributed by atoms with Gasteiger partial charge in [-0.05, 0) is 12.1 Å². The number of hydrogen-bond donors (Lipinski definition) is 0. The molecule has 0 spiro atoms. The zero-order chi connectivity index (χ0) is 15.9.